The second-order valence-electron chi connectivity index (χ2n) is 2.48. The molecule has 0 aromatic rings. The lowest BCUT2D eigenvalue weighted by molar-refractivity contribution is 0.237. The molecule has 1 saturated carbocycles. The van der Waals surface area contributed by atoms with Gasteiger partial charge >= 0.3 is 0 Å². The van der Waals surface area contributed by atoms with E-state index in [-0.39, 0.29) is 6.10 Å². The first-order valence-corrected chi connectivity index (χ1v) is 2.78. The van der Waals surface area contributed by atoms with E-state index in [9.17, 15) is 0 Å². The van der Waals surface area contributed by atoms with Gasteiger partial charge in [-0.3, -0.25) is 0 Å². The minimum Gasteiger partial charge on any atom is -0.392 e. The molecule has 0 unspecified atom stereocenters. The summed E-state index contributed by atoms with van der Waals surface area (Å²) in [5.74, 6) is 1.25. The van der Waals surface area contributed by atoms with Crippen LogP contribution in [0.3, 0.4) is 0 Å². The Morgan fingerprint density at radius 1 is 1.29 bits per heavy atom. The minimum absolute atomic E-state index is 0.0567. The first kappa shape index (κ1) is 3.87. The highest BCUT2D eigenvalue weighted by Crippen LogP contribution is 2.41. The lowest BCUT2D eigenvalue weighted by Crippen LogP contribution is -2.16. The van der Waals surface area contributed by atoms with Crippen LogP contribution in [-0.2, 0) is 0 Å². The van der Waals surface area contributed by atoms with Crippen molar-refractivity contribution >= 4 is 0 Å². The Morgan fingerprint density at radius 3 is 2.14 bits per heavy atom. The zero-order valence-electron chi connectivity index (χ0n) is 4.09. The Kier molecular flexibility index (Phi) is 0.557. The standard InChI is InChI=1S/C5H9NO/c7-5-3-1-6-2-4(3)5/h3-7H,1-2H2/t3-,4+,5-. The number of hydrogen-bond donors (Lipinski definition) is 2. The summed E-state index contributed by atoms with van der Waals surface area (Å²) in [6, 6.07) is 0. The van der Waals surface area contributed by atoms with Crippen LogP contribution >= 0.6 is 0 Å². The number of rotatable bonds is 0. The van der Waals surface area contributed by atoms with Crippen LogP contribution in [0.2, 0.25) is 0 Å². The maximum absolute atomic E-state index is 8.91. The number of piperidine rings is 1. The van der Waals surface area contributed by atoms with Crippen molar-refractivity contribution in [2.45, 2.75) is 6.10 Å². The molecule has 3 atom stereocenters. The molecule has 7 heavy (non-hydrogen) atoms. The van der Waals surface area contributed by atoms with Gasteiger partial charge in [-0.2, -0.15) is 0 Å². The van der Waals surface area contributed by atoms with Gasteiger partial charge in [0.1, 0.15) is 0 Å². The van der Waals surface area contributed by atoms with Crippen molar-refractivity contribution in [1.82, 2.24) is 5.32 Å². The van der Waals surface area contributed by atoms with Crippen LogP contribution < -0.4 is 5.32 Å². The number of aliphatic hydroxyl groups is 1. The van der Waals surface area contributed by atoms with Crippen molar-refractivity contribution < 1.29 is 5.11 Å². The van der Waals surface area contributed by atoms with Gasteiger partial charge in [0.15, 0.2) is 0 Å². The molecule has 2 rings (SSSR count). The van der Waals surface area contributed by atoms with E-state index < -0.39 is 0 Å². The molecule has 2 aliphatic rings. The Balaban J connectivity index is 2.06. The molecule has 1 aliphatic carbocycles. The average molecular weight is 99.1 g/mol. The number of aliphatic hydroxyl groups excluding tert-OH is 1. The van der Waals surface area contributed by atoms with Gasteiger partial charge in [-0.15, -0.1) is 0 Å². The van der Waals surface area contributed by atoms with Gasteiger partial charge < -0.3 is 10.4 Å². The first-order chi connectivity index (χ1) is 3.39. The Bertz CT molecular complexity index is 84.1. The third-order valence-corrected chi connectivity index (χ3v) is 2.05. The minimum atomic E-state index is 0.0567. The predicted octanol–water partition coefficient (Wildman–Crippen LogP) is -0.804. The molecule has 2 heteroatoms. The fourth-order valence-electron chi connectivity index (χ4n) is 1.39. The number of nitrogens with one attached hydrogen (secondary N) is 1. The van der Waals surface area contributed by atoms with Gasteiger partial charge in [-0.05, 0) is 0 Å². The normalized spacial score (nSPS) is 57.0. The van der Waals surface area contributed by atoms with E-state index in [1.54, 1.807) is 0 Å². The lowest BCUT2D eigenvalue weighted by atomic mass is 10.4. The van der Waals surface area contributed by atoms with E-state index in [0.717, 1.165) is 13.1 Å². The van der Waals surface area contributed by atoms with Crippen molar-refractivity contribution in [2.75, 3.05) is 13.1 Å². The lowest BCUT2D eigenvalue weighted by Gasteiger charge is -1.93. The molecule has 40 valence electrons. The van der Waals surface area contributed by atoms with E-state index in [0.29, 0.717) is 11.8 Å². The van der Waals surface area contributed by atoms with Crippen molar-refractivity contribution in [1.29, 1.82) is 0 Å². The Hall–Kier alpha value is -0.0800. The molecule has 1 aliphatic heterocycles. The van der Waals surface area contributed by atoms with Crippen LogP contribution in [0, 0.1) is 11.8 Å². The van der Waals surface area contributed by atoms with Crippen LogP contribution in [-0.4, -0.2) is 24.3 Å². The van der Waals surface area contributed by atoms with Crippen LogP contribution in [0.15, 0.2) is 0 Å². The van der Waals surface area contributed by atoms with Crippen molar-refractivity contribution in [3.8, 4) is 0 Å². The molecule has 2 fully saturated rings. The molecule has 0 aromatic carbocycles. The summed E-state index contributed by atoms with van der Waals surface area (Å²) >= 11 is 0. The van der Waals surface area contributed by atoms with Gasteiger partial charge in [0.25, 0.3) is 0 Å². The molecule has 0 amide bonds. The third-order valence-electron chi connectivity index (χ3n) is 2.05. The fraction of sp³-hybridized carbons (Fsp3) is 1.00. The van der Waals surface area contributed by atoms with E-state index in [2.05, 4.69) is 5.32 Å². The summed E-state index contributed by atoms with van der Waals surface area (Å²) in [5.41, 5.74) is 0. The fourth-order valence-corrected chi connectivity index (χ4v) is 1.39. The summed E-state index contributed by atoms with van der Waals surface area (Å²) in [6.45, 7) is 2.09. The SMILES string of the molecule is O[C@H]1[C@H]2CNC[C@@H]12. The molecule has 0 bridgehead atoms. The average Bonchev–Trinajstić information content (AvgIpc) is 2.26. The molecule has 2 N–H and O–H groups in total. The monoisotopic (exact) mass is 99.1 g/mol. The highest BCUT2D eigenvalue weighted by Gasteiger charge is 2.51. The van der Waals surface area contributed by atoms with E-state index >= 15 is 0 Å². The third kappa shape index (κ3) is 0.359. The summed E-state index contributed by atoms with van der Waals surface area (Å²) in [7, 11) is 0. The summed E-state index contributed by atoms with van der Waals surface area (Å²) in [6.07, 6.45) is 0.0567. The van der Waals surface area contributed by atoms with Crippen molar-refractivity contribution in [3.63, 3.8) is 0 Å². The van der Waals surface area contributed by atoms with Gasteiger partial charge in [0, 0.05) is 24.9 Å². The summed E-state index contributed by atoms with van der Waals surface area (Å²) in [5, 5.41) is 12.1. The molecule has 0 spiro atoms. The molecular formula is C5H9NO. The highest BCUT2D eigenvalue weighted by molar-refractivity contribution is 5.04. The molecule has 0 aromatic heterocycles. The largest absolute Gasteiger partial charge is 0.392 e. The van der Waals surface area contributed by atoms with Gasteiger partial charge in [-0.1, -0.05) is 0 Å². The maximum atomic E-state index is 8.91. The zero-order valence-corrected chi connectivity index (χ0v) is 4.09. The van der Waals surface area contributed by atoms with Gasteiger partial charge in [0.05, 0.1) is 6.10 Å². The van der Waals surface area contributed by atoms with Crippen LogP contribution in [0.1, 0.15) is 0 Å². The molecule has 0 radical (unpaired) electrons. The maximum Gasteiger partial charge on any atom is 0.0629 e. The van der Waals surface area contributed by atoms with Gasteiger partial charge in [0.2, 0.25) is 0 Å². The highest BCUT2D eigenvalue weighted by atomic mass is 16.3. The molecular weight excluding hydrogens is 90.1 g/mol. The Labute approximate surface area is 42.5 Å². The van der Waals surface area contributed by atoms with Crippen LogP contribution in [0.5, 0.6) is 0 Å². The predicted molar refractivity (Wildman–Crippen MR) is 25.9 cm³/mol. The topological polar surface area (TPSA) is 32.3 Å². The van der Waals surface area contributed by atoms with E-state index in [4.69, 9.17) is 5.11 Å². The quantitative estimate of drug-likeness (QED) is 0.416. The van der Waals surface area contributed by atoms with Crippen LogP contribution in [0.4, 0.5) is 0 Å². The summed E-state index contributed by atoms with van der Waals surface area (Å²) < 4.78 is 0. The van der Waals surface area contributed by atoms with Gasteiger partial charge in [-0.25, -0.2) is 0 Å². The molecule has 1 heterocycles. The first-order valence-electron chi connectivity index (χ1n) is 2.78. The molecule has 1 saturated heterocycles. The number of hydrogen-bond acceptors (Lipinski definition) is 2. The smallest absolute Gasteiger partial charge is 0.0629 e. The second kappa shape index (κ2) is 1.01. The Morgan fingerprint density at radius 2 is 1.86 bits per heavy atom. The summed E-state index contributed by atoms with van der Waals surface area (Å²) in [4.78, 5) is 0. The van der Waals surface area contributed by atoms with Crippen LogP contribution in [0.25, 0.3) is 0 Å². The zero-order chi connectivity index (χ0) is 4.85. The van der Waals surface area contributed by atoms with Crippen molar-refractivity contribution in [3.05, 3.63) is 0 Å². The van der Waals surface area contributed by atoms with E-state index in [1.165, 1.54) is 0 Å². The second-order valence-corrected chi connectivity index (χ2v) is 2.48. The van der Waals surface area contributed by atoms with Crippen molar-refractivity contribution in [2.24, 2.45) is 11.8 Å². The molecule has 2 nitrogen and oxygen atoms in total. The number of fused-ring (bicyclic) bond motifs is 1. The van der Waals surface area contributed by atoms with E-state index in [1.807, 2.05) is 0 Å².